The first kappa shape index (κ1) is 12.7. The minimum absolute atomic E-state index is 0.0556. The summed E-state index contributed by atoms with van der Waals surface area (Å²) in [5.41, 5.74) is 3.35. The molecule has 1 aliphatic heterocycles. The van der Waals surface area contributed by atoms with E-state index in [2.05, 4.69) is 12.1 Å². The molecule has 0 aromatic heterocycles. The number of hydrogen-bond acceptors (Lipinski definition) is 2. The number of carbonyl (C=O) groups is 1. The second-order valence-electron chi connectivity index (χ2n) is 5.01. The summed E-state index contributed by atoms with van der Waals surface area (Å²) >= 11 is 0. The fourth-order valence-corrected chi connectivity index (χ4v) is 2.89. The summed E-state index contributed by atoms with van der Waals surface area (Å²) in [5, 5.41) is 0. The number of carbonyl (C=O) groups excluding carboxylic acids is 1. The lowest BCUT2D eigenvalue weighted by Gasteiger charge is -2.24. The molecule has 0 radical (unpaired) electrons. The minimum Gasteiger partial charge on any atom is -0.497 e. The van der Waals surface area contributed by atoms with Gasteiger partial charge in [0, 0.05) is 12.6 Å². The molecule has 1 heterocycles. The molecule has 0 fully saturated rings. The molecule has 2 aromatic carbocycles. The molecule has 0 spiro atoms. The fraction of sp³-hybridized carbons (Fsp3) is 0.235. The number of ether oxygens (including phenoxy) is 1. The first-order valence-corrected chi connectivity index (χ1v) is 6.72. The van der Waals surface area contributed by atoms with Gasteiger partial charge in [0.1, 0.15) is 5.75 Å². The van der Waals surface area contributed by atoms with Crippen LogP contribution in [0.3, 0.4) is 0 Å². The maximum absolute atomic E-state index is 12.0. The van der Waals surface area contributed by atoms with Crippen LogP contribution in [-0.2, 0) is 11.2 Å². The SMILES string of the molecule is COc1cccc(C2Cc3ccccc3N2C(C)=O)c1. The number of fused-ring (bicyclic) bond motifs is 1. The van der Waals surface area contributed by atoms with Crippen molar-refractivity contribution in [2.45, 2.75) is 19.4 Å². The zero-order valence-corrected chi connectivity index (χ0v) is 11.7. The number of rotatable bonds is 2. The van der Waals surface area contributed by atoms with Gasteiger partial charge in [0.2, 0.25) is 5.91 Å². The minimum atomic E-state index is 0.0556. The Balaban J connectivity index is 2.04. The molecule has 0 saturated heterocycles. The van der Waals surface area contributed by atoms with Gasteiger partial charge in [-0.25, -0.2) is 0 Å². The first-order valence-electron chi connectivity index (χ1n) is 6.72. The lowest BCUT2D eigenvalue weighted by atomic mass is 10.0. The van der Waals surface area contributed by atoms with Gasteiger partial charge in [-0.2, -0.15) is 0 Å². The highest BCUT2D eigenvalue weighted by Gasteiger charge is 2.32. The van der Waals surface area contributed by atoms with E-state index in [4.69, 9.17) is 4.74 Å². The summed E-state index contributed by atoms with van der Waals surface area (Å²) in [4.78, 5) is 13.9. The molecule has 3 nitrogen and oxygen atoms in total. The summed E-state index contributed by atoms with van der Waals surface area (Å²) in [7, 11) is 1.66. The van der Waals surface area contributed by atoms with E-state index in [1.807, 2.05) is 41.3 Å². The van der Waals surface area contributed by atoms with Gasteiger partial charge in [-0.15, -0.1) is 0 Å². The van der Waals surface area contributed by atoms with Crippen LogP contribution in [0.2, 0.25) is 0 Å². The van der Waals surface area contributed by atoms with Crippen molar-refractivity contribution in [3.8, 4) is 5.75 Å². The molecule has 1 unspecified atom stereocenters. The second kappa shape index (κ2) is 5.00. The Labute approximate surface area is 118 Å². The third-order valence-corrected chi connectivity index (χ3v) is 3.79. The molecule has 1 amide bonds. The fourth-order valence-electron chi connectivity index (χ4n) is 2.89. The van der Waals surface area contributed by atoms with Crippen molar-refractivity contribution in [2.75, 3.05) is 12.0 Å². The normalized spacial score (nSPS) is 16.9. The summed E-state index contributed by atoms with van der Waals surface area (Å²) in [6.07, 6.45) is 0.850. The number of amides is 1. The average Bonchev–Trinajstić information content (AvgIpc) is 2.87. The van der Waals surface area contributed by atoms with Gasteiger partial charge in [-0.05, 0) is 35.7 Å². The Hall–Kier alpha value is -2.29. The second-order valence-corrected chi connectivity index (χ2v) is 5.01. The lowest BCUT2D eigenvalue weighted by Crippen LogP contribution is -2.29. The molecule has 0 N–H and O–H groups in total. The Kier molecular flexibility index (Phi) is 3.18. The van der Waals surface area contributed by atoms with Gasteiger partial charge in [0.25, 0.3) is 0 Å². The Morgan fingerprint density at radius 3 is 2.75 bits per heavy atom. The zero-order valence-electron chi connectivity index (χ0n) is 11.7. The van der Waals surface area contributed by atoms with Gasteiger partial charge in [0.05, 0.1) is 13.2 Å². The van der Waals surface area contributed by atoms with Crippen LogP contribution in [0.1, 0.15) is 24.1 Å². The van der Waals surface area contributed by atoms with Crippen LogP contribution in [0.4, 0.5) is 5.69 Å². The van der Waals surface area contributed by atoms with Gasteiger partial charge in [0.15, 0.2) is 0 Å². The average molecular weight is 267 g/mol. The summed E-state index contributed by atoms with van der Waals surface area (Å²) in [6.45, 7) is 1.62. The van der Waals surface area contributed by atoms with E-state index in [-0.39, 0.29) is 11.9 Å². The van der Waals surface area contributed by atoms with Crippen LogP contribution >= 0.6 is 0 Å². The van der Waals surface area contributed by atoms with Crippen LogP contribution in [0.15, 0.2) is 48.5 Å². The summed E-state index contributed by atoms with van der Waals surface area (Å²) in [6, 6.07) is 16.1. The predicted molar refractivity (Wildman–Crippen MR) is 79.0 cm³/mol. The molecule has 3 heteroatoms. The van der Waals surface area contributed by atoms with E-state index in [9.17, 15) is 4.79 Å². The number of para-hydroxylation sites is 1. The third kappa shape index (κ3) is 2.05. The highest BCUT2D eigenvalue weighted by molar-refractivity contribution is 5.94. The molecule has 102 valence electrons. The zero-order chi connectivity index (χ0) is 14.1. The molecular formula is C17H17NO2. The largest absolute Gasteiger partial charge is 0.497 e. The first-order chi connectivity index (χ1) is 9.70. The number of methoxy groups -OCH3 is 1. The van der Waals surface area contributed by atoms with Crippen molar-refractivity contribution in [2.24, 2.45) is 0 Å². The van der Waals surface area contributed by atoms with Crippen molar-refractivity contribution >= 4 is 11.6 Å². The maximum Gasteiger partial charge on any atom is 0.224 e. The molecule has 20 heavy (non-hydrogen) atoms. The van der Waals surface area contributed by atoms with Crippen molar-refractivity contribution in [1.29, 1.82) is 0 Å². The molecular weight excluding hydrogens is 250 g/mol. The molecule has 0 saturated carbocycles. The van der Waals surface area contributed by atoms with E-state index in [1.165, 1.54) is 5.56 Å². The maximum atomic E-state index is 12.0. The molecule has 2 aromatic rings. The van der Waals surface area contributed by atoms with Crippen LogP contribution in [0.25, 0.3) is 0 Å². The molecule has 3 rings (SSSR count). The van der Waals surface area contributed by atoms with Crippen LogP contribution < -0.4 is 9.64 Å². The van der Waals surface area contributed by atoms with Crippen molar-refractivity contribution in [3.05, 3.63) is 59.7 Å². The van der Waals surface area contributed by atoms with Crippen molar-refractivity contribution < 1.29 is 9.53 Å². The van der Waals surface area contributed by atoms with E-state index >= 15 is 0 Å². The van der Waals surface area contributed by atoms with Gasteiger partial charge < -0.3 is 9.64 Å². The Morgan fingerprint density at radius 2 is 2.00 bits per heavy atom. The number of benzene rings is 2. The Bertz CT molecular complexity index is 651. The number of nitrogens with zero attached hydrogens (tertiary/aromatic N) is 1. The van der Waals surface area contributed by atoms with E-state index < -0.39 is 0 Å². The van der Waals surface area contributed by atoms with Crippen LogP contribution in [0, 0.1) is 0 Å². The molecule has 1 atom stereocenters. The molecule has 0 aliphatic carbocycles. The third-order valence-electron chi connectivity index (χ3n) is 3.79. The van der Waals surface area contributed by atoms with Crippen LogP contribution in [-0.4, -0.2) is 13.0 Å². The standard InChI is InChI=1S/C17H17NO2/c1-12(19)18-16-9-4-3-6-14(16)11-17(18)13-7-5-8-15(10-13)20-2/h3-10,17H,11H2,1-2H3. The highest BCUT2D eigenvalue weighted by Crippen LogP contribution is 2.40. The van der Waals surface area contributed by atoms with Crippen molar-refractivity contribution in [1.82, 2.24) is 0 Å². The smallest absolute Gasteiger partial charge is 0.224 e. The van der Waals surface area contributed by atoms with Gasteiger partial charge in [-0.3, -0.25) is 4.79 Å². The number of hydrogen-bond donors (Lipinski definition) is 0. The quantitative estimate of drug-likeness (QED) is 0.835. The predicted octanol–water partition coefficient (Wildman–Crippen LogP) is 3.35. The Morgan fingerprint density at radius 1 is 1.20 bits per heavy atom. The topological polar surface area (TPSA) is 29.5 Å². The molecule has 0 bridgehead atoms. The van der Waals surface area contributed by atoms with Crippen LogP contribution in [0.5, 0.6) is 5.75 Å². The lowest BCUT2D eigenvalue weighted by molar-refractivity contribution is -0.116. The van der Waals surface area contributed by atoms with E-state index in [0.29, 0.717) is 0 Å². The monoisotopic (exact) mass is 267 g/mol. The highest BCUT2D eigenvalue weighted by atomic mass is 16.5. The van der Waals surface area contributed by atoms with Crippen molar-refractivity contribution in [3.63, 3.8) is 0 Å². The number of anilines is 1. The van der Waals surface area contributed by atoms with Gasteiger partial charge >= 0.3 is 0 Å². The summed E-state index contributed by atoms with van der Waals surface area (Å²) < 4.78 is 5.28. The van der Waals surface area contributed by atoms with E-state index in [0.717, 1.165) is 23.4 Å². The molecule has 1 aliphatic rings. The van der Waals surface area contributed by atoms with E-state index in [1.54, 1.807) is 14.0 Å². The van der Waals surface area contributed by atoms with Gasteiger partial charge in [-0.1, -0.05) is 30.3 Å². The summed E-state index contributed by atoms with van der Waals surface area (Å²) in [5.74, 6) is 0.893.